The van der Waals surface area contributed by atoms with Crippen LogP contribution in [0.4, 0.5) is 5.69 Å². The highest BCUT2D eigenvalue weighted by Crippen LogP contribution is 2.29. The Morgan fingerprint density at radius 2 is 1.80 bits per heavy atom. The molecular weight excluding hydrogens is 256 g/mol. The lowest BCUT2D eigenvalue weighted by Crippen LogP contribution is -2.65. The molecule has 0 bridgehead atoms. The summed E-state index contributed by atoms with van der Waals surface area (Å²) in [6, 6.07) is 6.76. The Balaban J connectivity index is 1.99. The molecule has 0 unspecified atom stereocenters. The fraction of sp³-hybridized carbons (Fsp3) is 0.467. The number of carbonyl (C=O) groups is 2. The van der Waals surface area contributed by atoms with E-state index < -0.39 is 5.60 Å². The molecule has 0 aromatic heterocycles. The smallest absolute Gasteiger partial charge is 0.254 e. The first-order valence-electron chi connectivity index (χ1n) is 6.71. The fourth-order valence-corrected chi connectivity index (χ4v) is 2.21. The maximum absolute atomic E-state index is 12.2. The maximum Gasteiger partial charge on any atom is 0.254 e. The number of carbonyl (C=O) groups excluding carboxylic acids is 2. The van der Waals surface area contributed by atoms with Gasteiger partial charge in [0.2, 0.25) is 5.91 Å². The second-order valence-corrected chi connectivity index (χ2v) is 5.68. The molecule has 0 saturated carbocycles. The van der Waals surface area contributed by atoms with Gasteiger partial charge < -0.3 is 15.3 Å². The predicted octanol–water partition coefficient (Wildman–Crippen LogP) is 1.49. The van der Waals surface area contributed by atoms with Crippen LogP contribution in [0.1, 0.15) is 31.1 Å². The summed E-state index contributed by atoms with van der Waals surface area (Å²) in [5, 5.41) is 12.8. The van der Waals surface area contributed by atoms with Crippen LogP contribution < -0.4 is 5.32 Å². The van der Waals surface area contributed by atoms with Crippen LogP contribution in [0.25, 0.3) is 0 Å². The van der Waals surface area contributed by atoms with Crippen molar-refractivity contribution in [3.63, 3.8) is 0 Å². The highest BCUT2D eigenvalue weighted by molar-refractivity contribution is 5.96. The van der Waals surface area contributed by atoms with Crippen LogP contribution in [0.2, 0.25) is 0 Å². The van der Waals surface area contributed by atoms with Gasteiger partial charge in [-0.2, -0.15) is 0 Å². The molecule has 0 aliphatic carbocycles. The Labute approximate surface area is 118 Å². The first-order valence-corrected chi connectivity index (χ1v) is 6.71. The molecule has 1 aliphatic heterocycles. The van der Waals surface area contributed by atoms with Crippen molar-refractivity contribution in [2.75, 3.05) is 18.4 Å². The van der Waals surface area contributed by atoms with Crippen LogP contribution in [-0.4, -0.2) is 40.5 Å². The van der Waals surface area contributed by atoms with Gasteiger partial charge in [-0.3, -0.25) is 9.59 Å². The average Bonchev–Trinajstić information content (AvgIpc) is 2.34. The van der Waals surface area contributed by atoms with Gasteiger partial charge in [0.15, 0.2) is 0 Å². The minimum absolute atomic E-state index is 0.0929. The quantitative estimate of drug-likeness (QED) is 0.878. The summed E-state index contributed by atoms with van der Waals surface area (Å²) >= 11 is 0. The van der Waals surface area contributed by atoms with Crippen molar-refractivity contribution in [3.8, 4) is 0 Å². The van der Waals surface area contributed by atoms with E-state index in [0.717, 1.165) is 0 Å². The minimum atomic E-state index is -0.758. The normalized spacial score (nSPS) is 16.8. The van der Waals surface area contributed by atoms with Gasteiger partial charge in [-0.25, -0.2) is 0 Å². The second kappa shape index (κ2) is 5.25. The van der Waals surface area contributed by atoms with Crippen molar-refractivity contribution in [3.05, 3.63) is 29.8 Å². The number of amides is 2. The van der Waals surface area contributed by atoms with Crippen LogP contribution in [0.5, 0.6) is 0 Å². The van der Waals surface area contributed by atoms with Crippen LogP contribution in [0, 0.1) is 5.92 Å². The molecule has 108 valence electrons. The summed E-state index contributed by atoms with van der Waals surface area (Å²) in [5.41, 5.74) is 0.465. The van der Waals surface area contributed by atoms with Crippen molar-refractivity contribution in [2.24, 2.45) is 5.92 Å². The molecule has 1 aromatic carbocycles. The van der Waals surface area contributed by atoms with Gasteiger partial charge in [0.05, 0.1) is 13.1 Å². The SMILES string of the molecule is CC(=O)Nc1ccc(C(=O)N2CC(O)(C(C)C)C2)cc1. The Kier molecular flexibility index (Phi) is 3.81. The third kappa shape index (κ3) is 2.82. The van der Waals surface area contributed by atoms with Gasteiger partial charge in [0, 0.05) is 18.2 Å². The number of nitrogens with one attached hydrogen (secondary N) is 1. The summed E-state index contributed by atoms with van der Waals surface area (Å²) in [5.74, 6) is -0.104. The number of β-amino-alcohol motifs (C(OH)–C–C–N with tert-alkyl or cyclic N) is 1. The Bertz CT molecular complexity index is 516. The number of likely N-dealkylation sites (tertiary alicyclic amines) is 1. The van der Waals surface area contributed by atoms with Gasteiger partial charge in [0.1, 0.15) is 5.60 Å². The molecule has 2 N–H and O–H groups in total. The van der Waals surface area contributed by atoms with E-state index in [4.69, 9.17) is 0 Å². The van der Waals surface area contributed by atoms with Crippen LogP contribution in [0.3, 0.4) is 0 Å². The molecule has 2 rings (SSSR count). The highest BCUT2D eigenvalue weighted by atomic mass is 16.3. The standard InChI is InChI=1S/C15H20N2O3/c1-10(2)15(20)8-17(9-15)14(19)12-4-6-13(7-5-12)16-11(3)18/h4-7,10,20H,8-9H2,1-3H3,(H,16,18). The number of nitrogens with zero attached hydrogens (tertiary/aromatic N) is 1. The largest absolute Gasteiger partial charge is 0.386 e. The lowest BCUT2D eigenvalue weighted by Gasteiger charge is -2.49. The van der Waals surface area contributed by atoms with E-state index in [0.29, 0.717) is 24.3 Å². The summed E-state index contributed by atoms with van der Waals surface area (Å²) in [4.78, 5) is 24.7. The molecular formula is C15H20N2O3. The summed E-state index contributed by atoms with van der Waals surface area (Å²) < 4.78 is 0. The van der Waals surface area contributed by atoms with Crippen LogP contribution >= 0.6 is 0 Å². The maximum atomic E-state index is 12.2. The zero-order valence-electron chi connectivity index (χ0n) is 12.0. The van der Waals surface area contributed by atoms with Crippen molar-refractivity contribution < 1.29 is 14.7 Å². The highest BCUT2D eigenvalue weighted by Gasteiger charge is 2.45. The van der Waals surface area contributed by atoms with Crippen molar-refractivity contribution in [2.45, 2.75) is 26.4 Å². The number of benzene rings is 1. The van der Waals surface area contributed by atoms with Crippen LogP contribution in [-0.2, 0) is 4.79 Å². The fourth-order valence-electron chi connectivity index (χ4n) is 2.21. The van der Waals surface area contributed by atoms with E-state index in [9.17, 15) is 14.7 Å². The number of anilines is 1. The van der Waals surface area contributed by atoms with E-state index in [-0.39, 0.29) is 17.7 Å². The summed E-state index contributed by atoms with van der Waals surface area (Å²) in [7, 11) is 0. The average molecular weight is 276 g/mol. The molecule has 20 heavy (non-hydrogen) atoms. The first-order chi connectivity index (χ1) is 9.32. The van der Waals surface area contributed by atoms with E-state index in [1.165, 1.54) is 6.92 Å². The second-order valence-electron chi connectivity index (χ2n) is 5.68. The Morgan fingerprint density at radius 1 is 1.25 bits per heavy atom. The molecule has 1 heterocycles. The molecule has 1 aromatic rings. The molecule has 5 heteroatoms. The summed E-state index contributed by atoms with van der Waals surface area (Å²) in [6.07, 6.45) is 0. The van der Waals surface area contributed by atoms with E-state index in [2.05, 4.69) is 5.32 Å². The molecule has 5 nitrogen and oxygen atoms in total. The molecule has 1 aliphatic rings. The lowest BCUT2D eigenvalue weighted by atomic mass is 9.82. The van der Waals surface area contributed by atoms with Crippen molar-refractivity contribution >= 4 is 17.5 Å². The van der Waals surface area contributed by atoms with Gasteiger partial charge in [-0.1, -0.05) is 13.8 Å². The third-order valence-corrected chi connectivity index (χ3v) is 3.74. The first kappa shape index (κ1) is 14.5. The Morgan fingerprint density at radius 3 is 2.25 bits per heavy atom. The molecule has 0 spiro atoms. The number of rotatable bonds is 3. The predicted molar refractivity (Wildman–Crippen MR) is 76.4 cm³/mol. The number of hydrogen-bond acceptors (Lipinski definition) is 3. The van der Waals surface area contributed by atoms with E-state index >= 15 is 0 Å². The molecule has 1 fully saturated rings. The monoisotopic (exact) mass is 276 g/mol. The molecule has 1 saturated heterocycles. The van der Waals surface area contributed by atoms with E-state index in [1.807, 2.05) is 13.8 Å². The Hall–Kier alpha value is -1.88. The lowest BCUT2D eigenvalue weighted by molar-refractivity contribution is -0.114. The zero-order valence-corrected chi connectivity index (χ0v) is 12.0. The number of hydrogen-bond donors (Lipinski definition) is 2. The third-order valence-electron chi connectivity index (χ3n) is 3.74. The van der Waals surface area contributed by atoms with Crippen molar-refractivity contribution in [1.29, 1.82) is 0 Å². The minimum Gasteiger partial charge on any atom is -0.386 e. The van der Waals surface area contributed by atoms with Gasteiger partial charge in [-0.15, -0.1) is 0 Å². The van der Waals surface area contributed by atoms with E-state index in [1.54, 1.807) is 29.2 Å². The topological polar surface area (TPSA) is 69.6 Å². The van der Waals surface area contributed by atoms with Gasteiger partial charge in [0.25, 0.3) is 5.91 Å². The molecule has 0 radical (unpaired) electrons. The van der Waals surface area contributed by atoms with Gasteiger partial charge >= 0.3 is 0 Å². The molecule has 2 amide bonds. The number of aliphatic hydroxyl groups is 1. The summed E-state index contributed by atoms with van der Waals surface area (Å²) in [6.45, 7) is 6.08. The molecule has 0 atom stereocenters. The van der Waals surface area contributed by atoms with Crippen LogP contribution in [0.15, 0.2) is 24.3 Å². The van der Waals surface area contributed by atoms with Crippen molar-refractivity contribution in [1.82, 2.24) is 4.90 Å². The van der Waals surface area contributed by atoms with Gasteiger partial charge in [-0.05, 0) is 30.2 Å². The zero-order chi connectivity index (χ0) is 14.9.